The monoisotopic (exact) mass is 200 g/mol. The van der Waals surface area contributed by atoms with Gasteiger partial charge in [0, 0.05) is 4.90 Å². The van der Waals surface area contributed by atoms with Gasteiger partial charge >= 0.3 is 7.12 Å². The van der Waals surface area contributed by atoms with Crippen LogP contribution >= 0.6 is 11.8 Å². The van der Waals surface area contributed by atoms with E-state index in [0.29, 0.717) is 5.56 Å². The maximum absolute atomic E-state index is 12.9. The van der Waals surface area contributed by atoms with Crippen LogP contribution in [-0.2, 0) is 0 Å². The number of hydrogen-bond acceptors (Lipinski definition) is 3. The molecule has 0 aliphatic rings. The molecule has 1 aromatic carbocycles. The van der Waals surface area contributed by atoms with E-state index in [2.05, 4.69) is 0 Å². The first kappa shape index (κ1) is 10.6. The van der Waals surface area contributed by atoms with Crippen LogP contribution in [0.25, 0.3) is 0 Å². The lowest BCUT2D eigenvalue weighted by Crippen LogP contribution is -2.32. The summed E-state index contributed by atoms with van der Waals surface area (Å²) in [6, 6.07) is 2.52. The Morgan fingerprint density at radius 1 is 1.38 bits per heavy atom. The summed E-state index contributed by atoms with van der Waals surface area (Å²) in [7, 11) is -1.61. The highest BCUT2D eigenvalue weighted by atomic mass is 32.2. The quantitative estimate of drug-likeness (QED) is 0.540. The summed E-state index contributed by atoms with van der Waals surface area (Å²) in [4.78, 5) is 0.725. The van der Waals surface area contributed by atoms with Gasteiger partial charge in [0.15, 0.2) is 0 Å². The first-order valence-electron chi connectivity index (χ1n) is 3.76. The number of hydrogen-bond donors (Lipinski definition) is 2. The Labute approximate surface area is 80.9 Å². The van der Waals surface area contributed by atoms with Crippen LogP contribution in [0.15, 0.2) is 17.0 Å². The highest BCUT2D eigenvalue weighted by molar-refractivity contribution is 7.98. The molecule has 0 saturated carbocycles. The third-order valence-electron chi connectivity index (χ3n) is 1.86. The van der Waals surface area contributed by atoms with E-state index in [0.717, 1.165) is 11.0 Å². The fraction of sp³-hybridized carbons (Fsp3) is 0.250. The van der Waals surface area contributed by atoms with Gasteiger partial charge in [-0.05, 0) is 36.3 Å². The normalized spacial score (nSPS) is 10.2. The minimum atomic E-state index is -1.61. The lowest BCUT2D eigenvalue weighted by Gasteiger charge is -2.08. The second-order valence-corrected chi connectivity index (χ2v) is 3.54. The molecule has 0 heterocycles. The van der Waals surface area contributed by atoms with Crippen molar-refractivity contribution in [2.24, 2.45) is 0 Å². The minimum Gasteiger partial charge on any atom is -0.423 e. The summed E-state index contributed by atoms with van der Waals surface area (Å²) in [6.45, 7) is 1.74. The Kier molecular flexibility index (Phi) is 3.36. The first-order chi connectivity index (χ1) is 6.06. The van der Waals surface area contributed by atoms with Gasteiger partial charge in [-0.15, -0.1) is 11.8 Å². The zero-order chi connectivity index (χ0) is 10.0. The number of thioether (sulfide) groups is 1. The Morgan fingerprint density at radius 3 is 2.46 bits per heavy atom. The van der Waals surface area contributed by atoms with Gasteiger partial charge in [-0.25, -0.2) is 4.39 Å². The molecular weight excluding hydrogens is 190 g/mol. The van der Waals surface area contributed by atoms with Crippen molar-refractivity contribution < 1.29 is 14.4 Å². The average molecular weight is 200 g/mol. The van der Waals surface area contributed by atoms with Gasteiger partial charge in [0.25, 0.3) is 0 Å². The van der Waals surface area contributed by atoms with E-state index in [1.165, 1.54) is 17.8 Å². The van der Waals surface area contributed by atoms with Crippen LogP contribution in [0.3, 0.4) is 0 Å². The molecule has 13 heavy (non-hydrogen) atoms. The maximum atomic E-state index is 12.9. The second kappa shape index (κ2) is 4.13. The van der Waals surface area contributed by atoms with E-state index in [1.54, 1.807) is 6.92 Å². The Balaban J connectivity index is 3.27. The van der Waals surface area contributed by atoms with Crippen molar-refractivity contribution >= 4 is 24.3 Å². The molecule has 0 unspecified atom stereocenters. The summed E-state index contributed by atoms with van der Waals surface area (Å²) in [5.74, 6) is -0.446. The first-order valence-corrected chi connectivity index (χ1v) is 4.99. The average Bonchev–Trinajstić information content (AvgIpc) is 2.08. The van der Waals surface area contributed by atoms with E-state index >= 15 is 0 Å². The standard InChI is InChI=1S/C8H10BFO2S/c1-5-7(9(11)12)3-6(10)4-8(5)13-2/h3-4,11-12H,1-2H3. The highest BCUT2D eigenvalue weighted by Gasteiger charge is 2.17. The summed E-state index contributed by atoms with van der Waals surface area (Å²) < 4.78 is 12.9. The molecule has 0 spiro atoms. The Bertz CT molecular complexity index is 317. The van der Waals surface area contributed by atoms with E-state index in [-0.39, 0.29) is 5.46 Å². The van der Waals surface area contributed by atoms with Gasteiger partial charge in [0.05, 0.1) is 0 Å². The molecule has 2 nitrogen and oxygen atoms in total. The topological polar surface area (TPSA) is 40.5 Å². The molecule has 0 aliphatic heterocycles. The highest BCUT2D eigenvalue weighted by Crippen LogP contribution is 2.19. The van der Waals surface area contributed by atoms with Crippen LogP contribution in [0.2, 0.25) is 0 Å². The molecule has 1 rings (SSSR count). The SMILES string of the molecule is CSc1cc(F)cc(B(O)O)c1C. The fourth-order valence-corrected chi connectivity index (χ4v) is 1.81. The summed E-state index contributed by atoms with van der Waals surface area (Å²) in [5, 5.41) is 17.9. The van der Waals surface area contributed by atoms with Crippen LogP contribution in [0, 0.1) is 12.7 Å². The lowest BCUT2D eigenvalue weighted by molar-refractivity contribution is 0.425. The summed E-state index contributed by atoms with van der Waals surface area (Å²) in [5.41, 5.74) is 0.938. The molecule has 5 heteroatoms. The van der Waals surface area contributed by atoms with Crippen molar-refractivity contribution in [2.75, 3.05) is 6.26 Å². The smallest absolute Gasteiger partial charge is 0.423 e. The molecule has 0 radical (unpaired) electrons. The number of rotatable bonds is 2. The molecular formula is C8H10BFO2S. The van der Waals surface area contributed by atoms with E-state index in [9.17, 15) is 4.39 Å². The van der Waals surface area contributed by atoms with Crippen LogP contribution < -0.4 is 5.46 Å². The fourth-order valence-electron chi connectivity index (χ4n) is 1.15. The van der Waals surface area contributed by atoms with Crippen molar-refractivity contribution in [1.82, 2.24) is 0 Å². The molecule has 0 aromatic heterocycles. The van der Waals surface area contributed by atoms with Crippen molar-refractivity contribution in [3.63, 3.8) is 0 Å². The Hall–Kier alpha value is -0.515. The van der Waals surface area contributed by atoms with E-state index < -0.39 is 12.9 Å². The number of halogens is 1. The maximum Gasteiger partial charge on any atom is 0.488 e. The van der Waals surface area contributed by atoms with Crippen LogP contribution in [0.5, 0.6) is 0 Å². The van der Waals surface area contributed by atoms with Gasteiger partial charge in [-0.2, -0.15) is 0 Å². The molecule has 70 valence electrons. The molecule has 0 atom stereocenters. The number of benzene rings is 1. The van der Waals surface area contributed by atoms with Gasteiger partial charge in [-0.3, -0.25) is 0 Å². The van der Waals surface area contributed by atoms with Crippen LogP contribution in [-0.4, -0.2) is 23.4 Å². The largest absolute Gasteiger partial charge is 0.488 e. The summed E-state index contributed by atoms with van der Waals surface area (Å²) in [6.07, 6.45) is 1.81. The van der Waals surface area contributed by atoms with Gasteiger partial charge < -0.3 is 10.0 Å². The van der Waals surface area contributed by atoms with E-state index in [1.807, 2.05) is 6.26 Å². The zero-order valence-corrected chi connectivity index (χ0v) is 8.23. The minimum absolute atomic E-state index is 0.226. The molecule has 0 saturated heterocycles. The van der Waals surface area contributed by atoms with Crippen LogP contribution in [0.1, 0.15) is 5.56 Å². The third-order valence-corrected chi connectivity index (χ3v) is 2.73. The molecule has 0 aliphatic carbocycles. The molecule has 0 bridgehead atoms. The van der Waals surface area contributed by atoms with Crippen molar-refractivity contribution in [2.45, 2.75) is 11.8 Å². The lowest BCUT2D eigenvalue weighted by atomic mass is 9.77. The zero-order valence-electron chi connectivity index (χ0n) is 7.41. The molecule has 1 aromatic rings. The van der Waals surface area contributed by atoms with Crippen molar-refractivity contribution in [3.8, 4) is 0 Å². The second-order valence-electron chi connectivity index (χ2n) is 2.70. The van der Waals surface area contributed by atoms with Gasteiger partial charge in [0.2, 0.25) is 0 Å². The summed E-state index contributed by atoms with van der Waals surface area (Å²) >= 11 is 1.38. The van der Waals surface area contributed by atoms with Gasteiger partial charge in [0.1, 0.15) is 5.82 Å². The van der Waals surface area contributed by atoms with E-state index in [4.69, 9.17) is 10.0 Å². The molecule has 2 N–H and O–H groups in total. The molecule has 0 fully saturated rings. The predicted octanol–water partition coefficient (Wildman–Crippen LogP) is 0.536. The van der Waals surface area contributed by atoms with Crippen molar-refractivity contribution in [1.29, 1.82) is 0 Å². The molecule has 0 amide bonds. The third kappa shape index (κ3) is 2.24. The van der Waals surface area contributed by atoms with Crippen molar-refractivity contribution in [3.05, 3.63) is 23.5 Å². The predicted molar refractivity (Wildman–Crippen MR) is 52.7 cm³/mol. The van der Waals surface area contributed by atoms with Crippen LogP contribution in [0.4, 0.5) is 4.39 Å². The van der Waals surface area contributed by atoms with Gasteiger partial charge in [-0.1, -0.05) is 0 Å². The Morgan fingerprint density at radius 2 is 2.00 bits per heavy atom.